The van der Waals surface area contributed by atoms with Gasteiger partial charge in [0.05, 0.1) is 12.1 Å². The van der Waals surface area contributed by atoms with Crippen molar-refractivity contribution >= 4 is 12.1 Å². The third-order valence-corrected chi connectivity index (χ3v) is 5.80. The molecular formula is C21H27F3N2O4. The minimum absolute atomic E-state index is 0.157. The van der Waals surface area contributed by atoms with Crippen LogP contribution >= 0.6 is 0 Å². The van der Waals surface area contributed by atoms with Crippen molar-refractivity contribution in [3.63, 3.8) is 0 Å². The van der Waals surface area contributed by atoms with Gasteiger partial charge in [-0.2, -0.15) is 13.2 Å². The fraction of sp³-hybridized carbons (Fsp3) is 0.619. The van der Waals surface area contributed by atoms with Crippen LogP contribution in [0.1, 0.15) is 43.7 Å². The molecule has 0 spiro atoms. The van der Waals surface area contributed by atoms with Crippen LogP contribution in [0.5, 0.6) is 0 Å². The second-order valence-electron chi connectivity index (χ2n) is 7.92. The third kappa shape index (κ3) is 5.06. The first-order valence-corrected chi connectivity index (χ1v) is 10.2. The Morgan fingerprint density at radius 2 is 2.00 bits per heavy atom. The van der Waals surface area contributed by atoms with Crippen LogP contribution in [-0.2, 0) is 26.0 Å². The van der Waals surface area contributed by atoms with E-state index in [1.54, 1.807) is 20.0 Å². The van der Waals surface area contributed by atoms with E-state index in [2.05, 4.69) is 4.90 Å². The first kappa shape index (κ1) is 22.4. The summed E-state index contributed by atoms with van der Waals surface area (Å²) < 4.78 is 50.6. The van der Waals surface area contributed by atoms with Gasteiger partial charge in [-0.3, -0.25) is 4.79 Å². The maximum atomic E-state index is 13.2. The number of carbonyl (C=O) groups is 2. The number of hydrogen-bond donors (Lipinski definition) is 0. The molecule has 0 saturated carbocycles. The van der Waals surface area contributed by atoms with Crippen molar-refractivity contribution in [3.05, 3.63) is 35.4 Å². The van der Waals surface area contributed by atoms with Crippen LogP contribution in [0, 0.1) is 0 Å². The van der Waals surface area contributed by atoms with E-state index in [4.69, 9.17) is 9.47 Å². The Morgan fingerprint density at radius 3 is 2.57 bits per heavy atom. The van der Waals surface area contributed by atoms with Gasteiger partial charge in [-0.25, -0.2) is 4.79 Å². The summed E-state index contributed by atoms with van der Waals surface area (Å²) in [5.74, 6) is -0.429. The number of likely N-dealkylation sites (tertiary alicyclic amines) is 1. The second-order valence-corrected chi connectivity index (χ2v) is 7.92. The molecule has 0 bridgehead atoms. The monoisotopic (exact) mass is 428 g/mol. The number of esters is 1. The molecule has 2 heterocycles. The first-order valence-electron chi connectivity index (χ1n) is 10.2. The zero-order valence-electron chi connectivity index (χ0n) is 17.2. The van der Waals surface area contributed by atoms with Gasteiger partial charge in [-0.05, 0) is 24.1 Å². The lowest BCUT2D eigenvalue weighted by Crippen LogP contribution is -2.46. The number of ether oxygens (including phenoxy) is 2. The summed E-state index contributed by atoms with van der Waals surface area (Å²) in [7, 11) is 1.69. The molecule has 2 aliphatic heterocycles. The topological polar surface area (TPSA) is 59.1 Å². The molecule has 1 aromatic carbocycles. The number of benzene rings is 1. The quantitative estimate of drug-likeness (QED) is 0.646. The Bertz CT molecular complexity index is 776. The molecule has 0 N–H and O–H groups in total. The number of amides is 1. The maximum absolute atomic E-state index is 13.2. The second kappa shape index (κ2) is 8.83. The van der Waals surface area contributed by atoms with Crippen molar-refractivity contribution in [1.29, 1.82) is 0 Å². The Kier molecular flexibility index (Phi) is 6.59. The molecule has 1 amide bonds. The highest BCUT2D eigenvalue weighted by Gasteiger charge is 2.41. The molecule has 0 aliphatic carbocycles. The minimum Gasteiger partial charge on any atom is -0.454 e. The highest BCUT2D eigenvalue weighted by Crippen LogP contribution is 2.40. The lowest BCUT2D eigenvalue weighted by molar-refractivity contribution is -0.166. The van der Waals surface area contributed by atoms with Crippen molar-refractivity contribution < 1.29 is 32.2 Å². The Labute approximate surface area is 173 Å². The fourth-order valence-electron chi connectivity index (χ4n) is 3.98. The van der Waals surface area contributed by atoms with E-state index in [9.17, 15) is 22.8 Å². The van der Waals surface area contributed by atoms with Gasteiger partial charge in [0.25, 0.3) is 0 Å². The van der Waals surface area contributed by atoms with E-state index in [-0.39, 0.29) is 18.6 Å². The van der Waals surface area contributed by atoms with Crippen LogP contribution in [0.15, 0.2) is 24.3 Å². The molecule has 2 saturated heterocycles. The number of piperidine rings is 1. The highest BCUT2D eigenvalue weighted by molar-refractivity contribution is 5.70. The number of hydrogen-bond acceptors (Lipinski definition) is 5. The molecule has 1 atom stereocenters. The van der Waals surface area contributed by atoms with Gasteiger partial charge in [0.15, 0.2) is 0 Å². The lowest BCUT2D eigenvalue weighted by atomic mass is 9.83. The summed E-state index contributed by atoms with van der Waals surface area (Å²) in [6.45, 7) is 4.06. The van der Waals surface area contributed by atoms with E-state index in [1.165, 1.54) is 11.0 Å². The van der Waals surface area contributed by atoms with Crippen LogP contribution in [0.2, 0.25) is 0 Å². The zero-order valence-corrected chi connectivity index (χ0v) is 17.2. The largest absolute Gasteiger partial charge is 0.454 e. The van der Waals surface area contributed by atoms with Gasteiger partial charge < -0.3 is 19.3 Å². The van der Waals surface area contributed by atoms with E-state index >= 15 is 0 Å². The van der Waals surface area contributed by atoms with Crippen molar-refractivity contribution in [2.75, 3.05) is 33.2 Å². The number of alkyl halides is 3. The molecule has 0 radical (unpaired) electrons. The summed E-state index contributed by atoms with van der Waals surface area (Å²) in [5, 5.41) is 0. The molecule has 2 fully saturated rings. The number of rotatable bonds is 6. The van der Waals surface area contributed by atoms with Crippen molar-refractivity contribution in [3.8, 4) is 0 Å². The van der Waals surface area contributed by atoms with Gasteiger partial charge >= 0.3 is 18.2 Å². The molecule has 3 rings (SSSR count). The Morgan fingerprint density at radius 1 is 1.30 bits per heavy atom. The van der Waals surface area contributed by atoms with Gasteiger partial charge in [0.1, 0.15) is 11.7 Å². The maximum Gasteiger partial charge on any atom is 0.416 e. The molecule has 6 nitrogen and oxygen atoms in total. The molecule has 9 heteroatoms. The molecule has 2 aliphatic rings. The van der Waals surface area contributed by atoms with Gasteiger partial charge in [0, 0.05) is 45.9 Å². The molecule has 0 unspecified atom stereocenters. The number of nitrogens with zero attached hydrogens (tertiary/aromatic N) is 2. The number of cyclic esters (lactones) is 1. The SMILES string of the molecule is CCC(=O)OC1(c2cccc(C(F)(F)F)c2)CCN(CC[C@@H]2CN(C)C(=O)O2)CC1. The molecule has 1 aromatic rings. The van der Waals surface area contributed by atoms with E-state index < -0.39 is 23.3 Å². The number of carbonyl (C=O) groups excluding carboxylic acids is 2. The molecular weight excluding hydrogens is 401 g/mol. The lowest BCUT2D eigenvalue weighted by Gasteiger charge is -2.42. The fourth-order valence-corrected chi connectivity index (χ4v) is 3.98. The standard InChI is InChI=1S/C21H27F3N2O4/c1-3-18(27)30-20(15-5-4-6-16(13-15)21(22,23)24)8-11-26(12-9-20)10-7-17-14-25(2)19(28)29-17/h4-6,13,17H,3,7-12,14H2,1-2H3/t17-/m1/s1. The smallest absolute Gasteiger partial charge is 0.416 e. The van der Waals surface area contributed by atoms with Gasteiger partial charge in [-0.15, -0.1) is 0 Å². The summed E-state index contributed by atoms with van der Waals surface area (Å²) in [6.07, 6.45) is -3.29. The molecule has 30 heavy (non-hydrogen) atoms. The first-order chi connectivity index (χ1) is 14.1. The number of halogens is 3. The van der Waals surface area contributed by atoms with Crippen molar-refractivity contribution in [2.45, 2.75) is 50.5 Å². The summed E-state index contributed by atoms with van der Waals surface area (Å²) in [4.78, 5) is 27.2. The number of likely N-dealkylation sites (N-methyl/N-ethyl adjacent to an activating group) is 1. The van der Waals surface area contributed by atoms with Crippen LogP contribution in [0.4, 0.5) is 18.0 Å². The van der Waals surface area contributed by atoms with Crippen LogP contribution < -0.4 is 0 Å². The Hall–Kier alpha value is -2.29. The van der Waals surface area contributed by atoms with Crippen molar-refractivity contribution in [1.82, 2.24) is 9.80 Å². The van der Waals surface area contributed by atoms with Gasteiger partial charge in [0.2, 0.25) is 0 Å². The van der Waals surface area contributed by atoms with E-state index in [1.807, 2.05) is 0 Å². The molecule has 0 aromatic heterocycles. The van der Waals surface area contributed by atoms with Crippen LogP contribution in [-0.4, -0.2) is 61.2 Å². The summed E-state index contributed by atoms with van der Waals surface area (Å²) in [5.41, 5.74) is -1.43. The van der Waals surface area contributed by atoms with Crippen molar-refractivity contribution in [2.24, 2.45) is 0 Å². The minimum atomic E-state index is -4.46. The predicted octanol–water partition coefficient (Wildman–Crippen LogP) is 3.79. The van der Waals surface area contributed by atoms with E-state index in [0.29, 0.717) is 51.0 Å². The third-order valence-electron chi connectivity index (χ3n) is 5.80. The molecule has 166 valence electrons. The average molecular weight is 428 g/mol. The Balaban J connectivity index is 1.69. The summed E-state index contributed by atoms with van der Waals surface area (Å²) >= 11 is 0. The predicted molar refractivity (Wildman–Crippen MR) is 103 cm³/mol. The van der Waals surface area contributed by atoms with E-state index in [0.717, 1.165) is 12.1 Å². The average Bonchev–Trinajstić information content (AvgIpc) is 3.04. The summed E-state index contributed by atoms with van der Waals surface area (Å²) in [6, 6.07) is 5.07. The van der Waals surface area contributed by atoms with Gasteiger partial charge in [-0.1, -0.05) is 19.1 Å². The van der Waals surface area contributed by atoms with Crippen LogP contribution in [0.3, 0.4) is 0 Å². The van der Waals surface area contributed by atoms with Crippen LogP contribution in [0.25, 0.3) is 0 Å². The zero-order chi connectivity index (χ0) is 21.9. The highest BCUT2D eigenvalue weighted by atomic mass is 19.4. The normalized spacial score (nSPS) is 22.1.